The number of ether oxygens (including phenoxy) is 3. The van der Waals surface area contributed by atoms with Crippen LogP contribution in [-0.2, 0) is 14.2 Å². The Labute approximate surface area is 92.8 Å². The van der Waals surface area contributed by atoms with Gasteiger partial charge < -0.3 is 14.2 Å². The third kappa shape index (κ3) is 0.673. The van der Waals surface area contributed by atoms with E-state index in [0.29, 0.717) is 22.7 Å². The fourth-order valence-electron chi connectivity index (χ4n) is 4.90. The predicted octanol–water partition coefficient (Wildman–Crippen LogP) is 1.78. The van der Waals surface area contributed by atoms with Crippen LogP contribution in [0.3, 0.4) is 0 Å². The number of rotatable bonds is 0. The predicted molar refractivity (Wildman–Crippen MR) is 53.8 cm³/mol. The highest BCUT2D eigenvalue weighted by atomic mass is 32.2. The molecule has 5 fully saturated rings. The minimum Gasteiger partial charge on any atom is -0.336 e. The maximum Gasteiger partial charge on any atom is 0.174 e. The summed E-state index contributed by atoms with van der Waals surface area (Å²) in [6.07, 6.45) is 1.30. The van der Waals surface area contributed by atoms with Gasteiger partial charge in [0.25, 0.3) is 0 Å². The molecule has 4 saturated heterocycles. The molecule has 0 spiro atoms. The molecule has 15 heavy (non-hydrogen) atoms. The number of hydrogen-bond donors (Lipinski definition) is 0. The lowest BCUT2D eigenvalue weighted by Gasteiger charge is -2.35. The highest BCUT2D eigenvalue weighted by Crippen LogP contribution is 2.74. The van der Waals surface area contributed by atoms with E-state index < -0.39 is 0 Å². The zero-order chi connectivity index (χ0) is 10.00. The zero-order valence-electron chi connectivity index (χ0n) is 8.80. The van der Waals surface area contributed by atoms with E-state index in [2.05, 4.69) is 13.8 Å². The standard InChI is InChI=1S/C11H14O3S/c1-10-6-4-3-5-7(6)11(2,14-10)13-9(5)15-8(4)12-10/h4-9H,3H2,1-2H3/t4-,5+,6-,7+,8-,9+,10+,11-. The molecular weight excluding hydrogens is 212 g/mol. The van der Waals surface area contributed by atoms with Crippen molar-refractivity contribution in [2.24, 2.45) is 23.7 Å². The van der Waals surface area contributed by atoms with Crippen molar-refractivity contribution in [2.45, 2.75) is 42.7 Å². The minimum atomic E-state index is -0.359. The molecule has 0 unspecified atom stereocenters. The lowest BCUT2D eigenvalue weighted by atomic mass is 9.83. The van der Waals surface area contributed by atoms with E-state index in [-0.39, 0.29) is 11.6 Å². The topological polar surface area (TPSA) is 27.7 Å². The third-order valence-electron chi connectivity index (χ3n) is 5.14. The largest absolute Gasteiger partial charge is 0.336 e. The van der Waals surface area contributed by atoms with Crippen molar-refractivity contribution in [3.63, 3.8) is 0 Å². The third-order valence-corrected chi connectivity index (χ3v) is 6.57. The molecule has 3 nitrogen and oxygen atoms in total. The molecule has 2 bridgehead atoms. The van der Waals surface area contributed by atoms with Crippen molar-refractivity contribution in [2.75, 3.05) is 0 Å². The maximum absolute atomic E-state index is 6.13. The molecule has 4 heterocycles. The van der Waals surface area contributed by atoms with E-state index in [1.54, 1.807) is 0 Å². The molecule has 0 aromatic rings. The van der Waals surface area contributed by atoms with Gasteiger partial charge in [-0.2, -0.15) is 0 Å². The number of thioether (sulfide) groups is 1. The summed E-state index contributed by atoms with van der Waals surface area (Å²) in [7, 11) is 0. The minimum absolute atomic E-state index is 0.330. The molecule has 8 atom stereocenters. The van der Waals surface area contributed by atoms with Gasteiger partial charge >= 0.3 is 0 Å². The second-order valence-electron chi connectivity index (χ2n) is 5.86. The summed E-state index contributed by atoms with van der Waals surface area (Å²) in [5, 5.41) is 0. The van der Waals surface area contributed by atoms with Gasteiger partial charge in [0.15, 0.2) is 11.6 Å². The molecule has 5 aliphatic rings. The Kier molecular flexibility index (Phi) is 1.12. The molecule has 1 saturated carbocycles. The van der Waals surface area contributed by atoms with Crippen molar-refractivity contribution in [1.82, 2.24) is 0 Å². The summed E-state index contributed by atoms with van der Waals surface area (Å²) in [6, 6.07) is 0. The quantitative estimate of drug-likeness (QED) is 0.629. The molecule has 4 heteroatoms. The summed E-state index contributed by atoms with van der Waals surface area (Å²) in [4.78, 5) is 0. The highest BCUT2D eigenvalue weighted by Gasteiger charge is 2.79. The summed E-state index contributed by atoms with van der Waals surface area (Å²) in [6.45, 7) is 4.22. The first-order chi connectivity index (χ1) is 7.11. The van der Waals surface area contributed by atoms with E-state index in [9.17, 15) is 0 Å². The molecule has 0 aromatic heterocycles. The Bertz CT molecular complexity index is 343. The second kappa shape index (κ2) is 2.01. The van der Waals surface area contributed by atoms with E-state index >= 15 is 0 Å². The van der Waals surface area contributed by atoms with Crippen molar-refractivity contribution >= 4 is 11.8 Å². The van der Waals surface area contributed by atoms with Crippen molar-refractivity contribution in [1.29, 1.82) is 0 Å². The zero-order valence-corrected chi connectivity index (χ0v) is 9.62. The van der Waals surface area contributed by atoms with Gasteiger partial charge in [-0.15, -0.1) is 0 Å². The molecule has 0 aromatic carbocycles. The van der Waals surface area contributed by atoms with Gasteiger partial charge in [0.05, 0.1) is 0 Å². The summed E-state index contributed by atoms with van der Waals surface area (Å²) in [5.41, 5.74) is 0.659. The summed E-state index contributed by atoms with van der Waals surface area (Å²) in [5.74, 6) is 1.88. The van der Waals surface area contributed by atoms with E-state index in [0.717, 1.165) is 11.8 Å². The van der Waals surface area contributed by atoms with Crippen molar-refractivity contribution < 1.29 is 14.2 Å². The van der Waals surface area contributed by atoms with Gasteiger partial charge in [0.2, 0.25) is 0 Å². The first-order valence-electron chi connectivity index (χ1n) is 5.82. The Morgan fingerprint density at radius 2 is 1.53 bits per heavy atom. The maximum atomic E-state index is 6.13. The summed E-state index contributed by atoms with van der Waals surface area (Å²) >= 11 is 1.90. The van der Waals surface area contributed by atoms with Crippen LogP contribution < -0.4 is 0 Å². The Balaban J connectivity index is 1.80. The lowest BCUT2D eigenvalue weighted by molar-refractivity contribution is -0.304. The molecular formula is C11H14O3S. The molecule has 4 aliphatic heterocycles. The highest BCUT2D eigenvalue weighted by molar-refractivity contribution is 8.00. The number of hydrogen-bond acceptors (Lipinski definition) is 4. The smallest absolute Gasteiger partial charge is 0.174 e. The fourth-order valence-corrected chi connectivity index (χ4v) is 6.62. The fraction of sp³-hybridized carbons (Fsp3) is 1.00. The SMILES string of the molecule is C[C@]12O[C@@H]3S[C@@H]4O[C@](C)(O1)[C@H]1[C@@H]4C[C@@H]3[C@H]12. The van der Waals surface area contributed by atoms with Crippen LogP contribution in [0, 0.1) is 23.7 Å². The van der Waals surface area contributed by atoms with Gasteiger partial charge in [0, 0.05) is 23.7 Å². The monoisotopic (exact) mass is 226 g/mol. The van der Waals surface area contributed by atoms with E-state index in [1.807, 2.05) is 11.8 Å². The normalized spacial score (nSPS) is 77.2. The van der Waals surface area contributed by atoms with Gasteiger partial charge in [-0.3, -0.25) is 0 Å². The van der Waals surface area contributed by atoms with Gasteiger partial charge in [-0.05, 0) is 20.3 Å². The van der Waals surface area contributed by atoms with Crippen LogP contribution in [0.4, 0.5) is 0 Å². The first-order valence-corrected chi connectivity index (χ1v) is 6.76. The Morgan fingerprint density at radius 1 is 1.00 bits per heavy atom. The molecule has 82 valence electrons. The van der Waals surface area contributed by atoms with Crippen molar-refractivity contribution in [3.8, 4) is 0 Å². The van der Waals surface area contributed by atoms with Crippen LogP contribution in [0.2, 0.25) is 0 Å². The second-order valence-corrected chi connectivity index (χ2v) is 7.06. The average Bonchev–Trinajstić information content (AvgIpc) is 2.70. The van der Waals surface area contributed by atoms with Crippen LogP contribution in [0.5, 0.6) is 0 Å². The van der Waals surface area contributed by atoms with E-state index in [1.165, 1.54) is 6.42 Å². The summed E-state index contributed by atoms with van der Waals surface area (Å²) < 4.78 is 18.4. The molecule has 0 N–H and O–H groups in total. The Hall–Kier alpha value is 0.230. The van der Waals surface area contributed by atoms with Gasteiger partial charge in [0.1, 0.15) is 10.9 Å². The van der Waals surface area contributed by atoms with Crippen LogP contribution in [0.1, 0.15) is 20.3 Å². The molecule has 0 amide bonds. The molecule has 1 aliphatic carbocycles. The molecule has 0 radical (unpaired) electrons. The van der Waals surface area contributed by atoms with Crippen molar-refractivity contribution in [3.05, 3.63) is 0 Å². The van der Waals surface area contributed by atoms with Crippen LogP contribution in [0.15, 0.2) is 0 Å². The molecule has 5 rings (SSSR count). The Morgan fingerprint density at radius 3 is 2.07 bits per heavy atom. The first kappa shape index (κ1) is 8.34. The lowest BCUT2D eigenvalue weighted by Crippen LogP contribution is -2.38. The van der Waals surface area contributed by atoms with Gasteiger partial charge in [-0.25, -0.2) is 0 Å². The van der Waals surface area contributed by atoms with Crippen LogP contribution in [0.25, 0.3) is 0 Å². The van der Waals surface area contributed by atoms with Crippen LogP contribution >= 0.6 is 11.8 Å². The average molecular weight is 226 g/mol. The van der Waals surface area contributed by atoms with Crippen LogP contribution in [-0.4, -0.2) is 22.4 Å². The van der Waals surface area contributed by atoms with E-state index in [4.69, 9.17) is 14.2 Å². The van der Waals surface area contributed by atoms with Gasteiger partial charge in [-0.1, -0.05) is 11.8 Å².